The standard InChI is InChI=1S/C35H35NOSSi/c1-35(2,3)39(29-17-6-4-7-18-29,30-19-8-5-9-20-30)37-24-14-23-36-31-21-12-10-15-27(31)25-32(36)34-26-28-16-11-13-22-33(28)38-34/h4-13,15-22,25-26H,14,23-24H2,1-3H3. The molecular formula is C35H35NOSSi. The van der Waals surface area contributed by atoms with Gasteiger partial charge >= 0.3 is 0 Å². The second-order valence-electron chi connectivity index (χ2n) is 11.3. The van der Waals surface area contributed by atoms with Gasteiger partial charge in [0.2, 0.25) is 0 Å². The first kappa shape index (κ1) is 25.8. The molecule has 2 nitrogen and oxygen atoms in total. The highest BCUT2D eigenvalue weighted by atomic mass is 32.1. The van der Waals surface area contributed by atoms with E-state index >= 15 is 0 Å². The Labute approximate surface area is 236 Å². The van der Waals surface area contributed by atoms with Gasteiger partial charge in [0.05, 0.1) is 10.6 Å². The minimum atomic E-state index is -2.53. The molecule has 196 valence electrons. The number of fused-ring (bicyclic) bond motifs is 2. The van der Waals surface area contributed by atoms with E-state index in [0.717, 1.165) is 13.0 Å². The molecule has 4 heteroatoms. The van der Waals surface area contributed by atoms with Gasteiger partial charge in [-0.05, 0) is 51.5 Å². The van der Waals surface area contributed by atoms with Crippen molar-refractivity contribution in [1.82, 2.24) is 4.57 Å². The molecule has 0 spiro atoms. The Kier molecular flexibility index (Phi) is 7.02. The van der Waals surface area contributed by atoms with Crippen molar-refractivity contribution < 1.29 is 4.43 Å². The lowest BCUT2D eigenvalue weighted by Crippen LogP contribution is -2.66. The minimum absolute atomic E-state index is 0.0158. The van der Waals surface area contributed by atoms with Gasteiger partial charge in [-0.2, -0.15) is 0 Å². The number of aromatic nitrogens is 1. The first-order chi connectivity index (χ1) is 19.0. The highest BCUT2D eigenvalue weighted by molar-refractivity contribution is 7.22. The van der Waals surface area contributed by atoms with Gasteiger partial charge < -0.3 is 8.99 Å². The van der Waals surface area contributed by atoms with Crippen molar-refractivity contribution in [3.63, 3.8) is 0 Å². The molecule has 4 aromatic carbocycles. The van der Waals surface area contributed by atoms with Crippen molar-refractivity contribution in [3.8, 4) is 10.6 Å². The predicted molar refractivity (Wildman–Crippen MR) is 171 cm³/mol. The molecule has 6 aromatic rings. The topological polar surface area (TPSA) is 14.2 Å². The van der Waals surface area contributed by atoms with E-state index in [0.29, 0.717) is 6.61 Å². The van der Waals surface area contributed by atoms with Crippen LogP contribution in [0.3, 0.4) is 0 Å². The van der Waals surface area contributed by atoms with Crippen LogP contribution in [0.1, 0.15) is 27.2 Å². The number of para-hydroxylation sites is 1. The largest absolute Gasteiger partial charge is 0.407 e. The molecule has 0 saturated heterocycles. The highest BCUT2D eigenvalue weighted by Crippen LogP contribution is 2.38. The third-order valence-corrected chi connectivity index (χ3v) is 13.9. The molecule has 0 fully saturated rings. The summed E-state index contributed by atoms with van der Waals surface area (Å²) in [6.07, 6.45) is 0.946. The molecule has 0 atom stereocenters. The Morgan fingerprint density at radius 2 is 1.28 bits per heavy atom. The summed E-state index contributed by atoms with van der Waals surface area (Å²) < 4.78 is 11.0. The van der Waals surface area contributed by atoms with Crippen molar-refractivity contribution in [2.45, 2.75) is 38.8 Å². The van der Waals surface area contributed by atoms with Crippen LogP contribution in [-0.2, 0) is 11.0 Å². The molecule has 0 aliphatic heterocycles. The molecule has 2 heterocycles. The zero-order chi connectivity index (χ0) is 26.9. The van der Waals surface area contributed by atoms with Crippen LogP contribution in [0, 0.1) is 0 Å². The molecule has 0 amide bonds. The number of benzene rings is 4. The third-order valence-electron chi connectivity index (χ3n) is 7.75. The zero-order valence-corrected chi connectivity index (χ0v) is 24.7. The Bertz CT molecular complexity index is 1620. The monoisotopic (exact) mass is 545 g/mol. The Morgan fingerprint density at radius 1 is 0.692 bits per heavy atom. The Morgan fingerprint density at radius 3 is 1.92 bits per heavy atom. The van der Waals surface area contributed by atoms with E-state index in [1.165, 1.54) is 41.9 Å². The summed E-state index contributed by atoms with van der Waals surface area (Å²) in [6.45, 7) is 8.66. The number of aryl methyl sites for hydroxylation is 1. The fourth-order valence-electron chi connectivity index (χ4n) is 5.97. The molecule has 2 aromatic heterocycles. The summed E-state index contributed by atoms with van der Waals surface area (Å²) in [7, 11) is -2.53. The minimum Gasteiger partial charge on any atom is -0.407 e. The van der Waals surface area contributed by atoms with Crippen LogP contribution >= 0.6 is 11.3 Å². The predicted octanol–water partition coefficient (Wildman–Crippen LogP) is 8.49. The van der Waals surface area contributed by atoms with Crippen molar-refractivity contribution in [1.29, 1.82) is 0 Å². The van der Waals surface area contributed by atoms with E-state index in [2.05, 4.69) is 147 Å². The van der Waals surface area contributed by atoms with Crippen LogP contribution in [0.5, 0.6) is 0 Å². The van der Waals surface area contributed by atoms with Gasteiger partial charge in [0.1, 0.15) is 0 Å². The van der Waals surface area contributed by atoms with E-state index < -0.39 is 8.32 Å². The second kappa shape index (κ2) is 10.6. The number of rotatable bonds is 8. The van der Waals surface area contributed by atoms with Crippen LogP contribution in [0.4, 0.5) is 0 Å². The lowest BCUT2D eigenvalue weighted by Gasteiger charge is -2.43. The Hall–Kier alpha value is -3.44. The van der Waals surface area contributed by atoms with Crippen molar-refractivity contribution in [2.24, 2.45) is 0 Å². The molecule has 0 N–H and O–H groups in total. The fraction of sp³-hybridized carbons (Fsp3) is 0.200. The van der Waals surface area contributed by atoms with Gasteiger partial charge in [-0.15, -0.1) is 11.3 Å². The van der Waals surface area contributed by atoms with Gasteiger partial charge in [0.15, 0.2) is 0 Å². The normalized spacial score (nSPS) is 12.4. The SMILES string of the molecule is CC(C)(C)[Si](OCCCn1c(-c2cc3ccccc3s2)cc2ccccc21)(c1ccccc1)c1ccccc1. The van der Waals surface area contributed by atoms with Crippen molar-refractivity contribution in [3.05, 3.63) is 121 Å². The molecule has 39 heavy (non-hydrogen) atoms. The van der Waals surface area contributed by atoms with E-state index in [4.69, 9.17) is 4.43 Å². The summed E-state index contributed by atoms with van der Waals surface area (Å²) in [5, 5.41) is 5.25. The van der Waals surface area contributed by atoms with Gasteiger partial charge in [-0.3, -0.25) is 0 Å². The van der Waals surface area contributed by atoms with Gasteiger partial charge in [-0.1, -0.05) is 118 Å². The van der Waals surface area contributed by atoms with Crippen LogP contribution in [0.2, 0.25) is 5.04 Å². The van der Waals surface area contributed by atoms with Crippen molar-refractivity contribution >= 4 is 51.0 Å². The van der Waals surface area contributed by atoms with Crippen LogP contribution in [0.15, 0.2) is 121 Å². The van der Waals surface area contributed by atoms with Crippen LogP contribution in [-0.4, -0.2) is 19.5 Å². The lowest BCUT2D eigenvalue weighted by molar-refractivity contribution is 0.285. The van der Waals surface area contributed by atoms with Crippen molar-refractivity contribution in [2.75, 3.05) is 6.61 Å². The molecule has 0 bridgehead atoms. The first-order valence-corrected chi connectivity index (χ1v) is 16.5. The molecule has 0 aliphatic rings. The van der Waals surface area contributed by atoms with E-state index in [9.17, 15) is 0 Å². The molecule has 0 aliphatic carbocycles. The number of hydrogen-bond acceptors (Lipinski definition) is 2. The maximum atomic E-state index is 7.20. The molecule has 0 saturated carbocycles. The first-order valence-electron chi connectivity index (χ1n) is 13.8. The average Bonchev–Trinajstić information content (AvgIpc) is 3.55. The second-order valence-corrected chi connectivity index (χ2v) is 16.6. The number of thiophene rings is 1. The summed E-state index contributed by atoms with van der Waals surface area (Å²) in [6, 6.07) is 44.0. The van der Waals surface area contributed by atoms with E-state index in [-0.39, 0.29) is 5.04 Å². The highest BCUT2D eigenvalue weighted by Gasteiger charge is 2.49. The molecule has 0 unspecified atom stereocenters. The summed E-state index contributed by atoms with van der Waals surface area (Å²) in [4.78, 5) is 1.32. The maximum Gasteiger partial charge on any atom is 0.261 e. The van der Waals surface area contributed by atoms with Crippen LogP contribution < -0.4 is 10.4 Å². The Balaban J connectivity index is 1.32. The van der Waals surface area contributed by atoms with Gasteiger partial charge in [0.25, 0.3) is 8.32 Å². The molecule has 6 rings (SSSR count). The summed E-state index contributed by atoms with van der Waals surface area (Å²) in [5.41, 5.74) is 2.58. The lowest BCUT2D eigenvalue weighted by atomic mass is 10.2. The van der Waals surface area contributed by atoms with E-state index in [1.54, 1.807) is 0 Å². The number of nitrogens with zero attached hydrogens (tertiary/aromatic N) is 1. The summed E-state index contributed by atoms with van der Waals surface area (Å²) >= 11 is 1.88. The van der Waals surface area contributed by atoms with E-state index in [1.807, 2.05) is 11.3 Å². The van der Waals surface area contributed by atoms with Gasteiger partial charge in [-0.25, -0.2) is 0 Å². The fourth-order valence-corrected chi connectivity index (χ4v) is 11.7. The average molecular weight is 546 g/mol. The summed E-state index contributed by atoms with van der Waals surface area (Å²) in [5.74, 6) is 0. The molecule has 0 radical (unpaired) electrons. The maximum absolute atomic E-state index is 7.20. The zero-order valence-electron chi connectivity index (χ0n) is 22.9. The third kappa shape index (κ3) is 4.78. The smallest absolute Gasteiger partial charge is 0.261 e. The number of hydrogen-bond donors (Lipinski definition) is 0. The quantitative estimate of drug-likeness (QED) is 0.138. The molecular weight excluding hydrogens is 511 g/mol. The van der Waals surface area contributed by atoms with Gasteiger partial charge in [0, 0.05) is 28.8 Å². The van der Waals surface area contributed by atoms with Crippen LogP contribution in [0.25, 0.3) is 31.6 Å².